The molecule has 3 nitrogen and oxygen atoms in total. The number of rotatable bonds is 4. The lowest BCUT2D eigenvalue weighted by atomic mass is 10.0. The molecule has 1 aromatic carbocycles. The van der Waals surface area contributed by atoms with E-state index < -0.39 is 17.9 Å². The Labute approximate surface area is 111 Å². The second-order valence-corrected chi connectivity index (χ2v) is 4.50. The number of carbonyl (C=O) groups excluding carboxylic acids is 1. The van der Waals surface area contributed by atoms with E-state index >= 15 is 0 Å². The van der Waals surface area contributed by atoms with Crippen LogP contribution in [-0.2, 0) is 9.53 Å². The van der Waals surface area contributed by atoms with E-state index in [4.69, 9.17) is 5.73 Å². The molecule has 2 N–H and O–H groups in total. The highest BCUT2D eigenvalue weighted by Gasteiger charge is 2.48. The van der Waals surface area contributed by atoms with E-state index in [-0.39, 0.29) is 12.2 Å². The summed E-state index contributed by atoms with van der Waals surface area (Å²) in [6, 6.07) is 4.73. The van der Waals surface area contributed by atoms with Crippen LogP contribution in [0, 0.1) is 3.57 Å². The van der Waals surface area contributed by atoms with E-state index in [0.717, 1.165) is 0 Å². The van der Waals surface area contributed by atoms with Crippen LogP contribution in [0.25, 0.3) is 0 Å². The second-order valence-electron chi connectivity index (χ2n) is 3.34. The van der Waals surface area contributed by atoms with E-state index in [1.807, 2.05) is 22.6 Å². The van der Waals surface area contributed by atoms with E-state index in [0.29, 0.717) is 3.57 Å². The number of halogens is 3. The van der Waals surface area contributed by atoms with Crippen LogP contribution in [0.3, 0.4) is 0 Å². The Morgan fingerprint density at radius 1 is 1.53 bits per heavy atom. The molecule has 6 heteroatoms. The predicted octanol–water partition coefficient (Wildman–Crippen LogP) is 2.49. The van der Waals surface area contributed by atoms with Crippen LogP contribution in [0.2, 0.25) is 0 Å². The molecule has 1 rings (SSSR count). The minimum atomic E-state index is -3.72. The number of hydrogen-bond donors (Lipinski definition) is 1. The lowest BCUT2D eigenvalue weighted by Crippen LogP contribution is -2.42. The van der Waals surface area contributed by atoms with Gasteiger partial charge in [0.05, 0.1) is 6.61 Å². The van der Waals surface area contributed by atoms with Gasteiger partial charge in [0, 0.05) is 3.57 Å². The smallest absolute Gasteiger partial charge is 0.379 e. The maximum Gasteiger partial charge on any atom is 0.379 e. The van der Waals surface area contributed by atoms with Gasteiger partial charge in [0.15, 0.2) is 0 Å². The van der Waals surface area contributed by atoms with Gasteiger partial charge in [-0.15, -0.1) is 0 Å². The summed E-state index contributed by atoms with van der Waals surface area (Å²) < 4.78 is 32.2. The van der Waals surface area contributed by atoms with Gasteiger partial charge < -0.3 is 10.5 Å². The molecule has 0 aliphatic heterocycles. The molecule has 0 aromatic heterocycles. The highest BCUT2D eigenvalue weighted by Crippen LogP contribution is 2.32. The number of carbonyl (C=O) groups is 1. The summed E-state index contributed by atoms with van der Waals surface area (Å²) >= 11 is 1.89. The Morgan fingerprint density at radius 3 is 2.65 bits per heavy atom. The third kappa shape index (κ3) is 3.12. The van der Waals surface area contributed by atoms with Crippen LogP contribution in [0.5, 0.6) is 0 Å². The van der Waals surface area contributed by atoms with E-state index in [9.17, 15) is 13.6 Å². The average Bonchev–Trinajstić information content (AvgIpc) is 2.29. The lowest BCUT2D eigenvalue weighted by molar-refractivity contribution is -0.174. The highest BCUT2D eigenvalue weighted by atomic mass is 127. The number of ether oxygens (including phenoxy) is 1. The first-order valence-electron chi connectivity index (χ1n) is 4.96. The largest absolute Gasteiger partial charge is 0.462 e. The number of esters is 1. The molecule has 0 amide bonds. The predicted molar refractivity (Wildman–Crippen MR) is 67.7 cm³/mol. The van der Waals surface area contributed by atoms with Gasteiger partial charge in [-0.1, -0.05) is 18.2 Å². The van der Waals surface area contributed by atoms with Gasteiger partial charge in [-0.05, 0) is 41.1 Å². The van der Waals surface area contributed by atoms with Crippen molar-refractivity contribution in [1.29, 1.82) is 0 Å². The molecule has 17 heavy (non-hydrogen) atoms. The maximum absolute atomic E-state index is 13.7. The summed E-state index contributed by atoms with van der Waals surface area (Å²) in [5.41, 5.74) is 5.68. The van der Waals surface area contributed by atoms with Crippen LogP contribution in [0.1, 0.15) is 18.5 Å². The van der Waals surface area contributed by atoms with Crippen molar-refractivity contribution in [2.75, 3.05) is 6.61 Å². The first-order chi connectivity index (χ1) is 7.91. The standard InChI is InChI=1S/C11H12F2INO2/c1-2-17-10(16)11(12,13)9(15)7-5-3-4-6-8(7)14/h3-6,9H,2,15H2,1H3/t9-/m0/s1. The Hall–Kier alpha value is -0.760. The van der Waals surface area contributed by atoms with Gasteiger partial charge in [-0.2, -0.15) is 8.78 Å². The second kappa shape index (κ2) is 5.72. The van der Waals surface area contributed by atoms with Gasteiger partial charge in [-0.25, -0.2) is 4.79 Å². The quantitative estimate of drug-likeness (QED) is 0.667. The van der Waals surface area contributed by atoms with Crippen molar-refractivity contribution in [3.8, 4) is 0 Å². The summed E-state index contributed by atoms with van der Waals surface area (Å²) in [5.74, 6) is -5.32. The zero-order valence-corrected chi connectivity index (χ0v) is 11.3. The van der Waals surface area contributed by atoms with Crippen LogP contribution < -0.4 is 5.73 Å². The van der Waals surface area contributed by atoms with Crippen molar-refractivity contribution in [3.05, 3.63) is 33.4 Å². The van der Waals surface area contributed by atoms with Gasteiger partial charge in [0.2, 0.25) is 0 Å². The fourth-order valence-electron chi connectivity index (χ4n) is 1.28. The summed E-state index contributed by atoms with van der Waals surface area (Å²) in [5, 5.41) is 0. The molecule has 1 atom stereocenters. The SMILES string of the molecule is CCOC(=O)C(F)(F)[C@@H](N)c1ccccc1I. The number of nitrogens with two attached hydrogens (primary N) is 1. The minimum absolute atomic E-state index is 0.104. The van der Waals surface area contributed by atoms with Gasteiger partial charge in [-0.3, -0.25) is 0 Å². The monoisotopic (exact) mass is 355 g/mol. The van der Waals surface area contributed by atoms with Crippen molar-refractivity contribution in [3.63, 3.8) is 0 Å². The average molecular weight is 355 g/mol. The molecular formula is C11H12F2INO2. The fraction of sp³-hybridized carbons (Fsp3) is 0.364. The highest BCUT2D eigenvalue weighted by molar-refractivity contribution is 14.1. The summed E-state index contributed by atoms with van der Waals surface area (Å²) in [6.07, 6.45) is 0. The first-order valence-corrected chi connectivity index (χ1v) is 6.04. The van der Waals surface area contributed by atoms with Crippen LogP contribution >= 0.6 is 22.6 Å². The Balaban J connectivity index is 3.00. The van der Waals surface area contributed by atoms with Gasteiger partial charge >= 0.3 is 11.9 Å². The molecule has 0 fully saturated rings. The van der Waals surface area contributed by atoms with Crippen molar-refractivity contribution in [1.82, 2.24) is 0 Å². The molecule has 0 aliphatic rings. The van der Waals surface area contributed by atoms with Crippen molar-refractivity contribution in [2.24, 2.45) is 5.73 Å². The molecule has 0 heterocycles. The summed E-state index contributed by atoms with van der Waals surface area (Å²) in [4.78, 5) is 11.1. The van der Waals surface area contributed by atoms with E-state index in [2.05, 4.69) is 4.74 Å². The summed E-state index contributed by atoms with van der Waals surface area (Å²) in [6.45, 7) is 1.36. The third-order valence-electron chi connectivity index (χ3n) is 2.18. The number of alkyl halides is 2. The number of benzene rings is 1. The van der Waals surface area contributed by atoms with E-state index in [1.165, 1.54) is 13.0 Å². The molecule has 0 bridgehead atoms. The molecule has 1 aromatic rings. The Bertz CT molecular complexity index is 412. The maximum atomic E-state index is 13.7. The molecular weight excluding hydrogens is 343 g/mol. The number of hydrogen-bond acceptors (Lipinski definition) is 3. The van der Waals surface area contributed by atoms with Gasteiger partial charge in [0.1, 0.15) is 6.04 Å². The zero-order chi connectivity index (χ0) is 13.1. The van der Waals surface area contributed by atoms with Crippen molar-refractivity contribution < 1.29 is 18.3 Å². The van der Waals surface area contributed by atoms with Crippen LogP contribution in [0.15, 0.2) is 24.3 Å². The fourth-order valence-corrected chi connectivity index (χ4v) is 2.00. The zero-order valence-electron chi connectivity index (χ0n) is 9.12. The van der Waals surface area contributed by atoms with Gasteiger partial charge in [0.25, 0.3) is 0 Å². The molecule has 0 aliphatic carbocycles. The Morgan fingerprint density at radius 2 is 2.12 bits per heavy atom. The first kappa shape index (κ1) is 14.3. The molecule has 0 radical (unpaired) electrons. The lowest BCUT2D eigenvalue weighted by Gasteiger charge is -2.22. The molecule has 0 unspecified atom stereocenters. The van der Waals surface area contributed by atoms with E-state index in [1.54, 1.807) is 18.2 Å². The minimum Gasteiger partial charge on any atom is -0.462 e. The summed E-state index contributed by atoms with van der Waals surface area (Å²) in [7, 11) is 0. The Kier molecular flexibility index (Phi) is 4.81. The third-order valence-corrected chi connectivity index (χ3v) is 3.16. The molecule has 94 valence electrons. The molecule has 0 saturated heterocycles. The van der Waals surface area contributed by atoms with Crippen LogP contribution in [0.4, 0.5) is 8.78 Å². The normalized spacial score (nSPS) is 13.2. The van der Waals surface area contributed by atoms with Crippen LogP contribution in [-0.4, -0.2) is 18.5 Å². The molecule has 0 saturated carbocycles. The molecule has 0 spiro atoms. The van der Waals surface area contributed by atoms with Crippen molar-refractivity contribution in [2.45, 2.75) is 18.9 Å². The van der Waals surface area contributed by atoms with Crippen molar-refractivity contribution >= 4 is 28.6 Å². The topological polar surface area (TPSA) is 52.3 Å².